The summed E-state index contributed by atoms with van der Waals surface area (Å²) in [5.74, 6) is -2.98. The number of hydrogen-bond acceptors (Lipinski definition) is 10. The van der Waals surface area contributed by atoms with Gasteiger partial charge in [-0.05, 0) is 32.3 Å². The molecule has 2 aliphatic carbocycles. The van der Waals surface area contributed by atoms with Crippen molar-refractivity contribution in [2.24, 2.45) is 29.6 Å². The highest BCUT2D eigenvalue weighted by molar-refractivity contribution is 5.88. The van der Waals surface area contributed by atoms with Crippen molar-refractivity contribution in [3.63, 3.8) is 0 Å². The Morgan fingerprint density at radius 3 is 2.65 bits per heavy atom. The maximum atomic E-state index is 13.3. The molecule has 0 amide bonds. The fourth-order valence-corrected chi connectivity index (χ4v) is 7.65. The summed E-state index contributed by atoms with van der Waals surface area (Å²) in [7, 11) is 1.46. The van der Waals surface area contributed by atoms with E-state index >= 15 is 0 Å². The van der Waals surface area contributed by atoms with Crippen LogP contribution in [0.5, 0.6) is 0 Å². The normalized spacial score (nSPS) is 44.2. The molecule has 1 saturated carbocycles. The second kappa shape index (κ2) is 10.9. The number of aliphatic hydroxyl groups is 1. The van der Waals surface area contributed by atoms with Gasteiger partial charge in [0.15, 0.2) is 6.10 Å². The van der Waals surface area contributed by atoms with Crippen molar-refractivity contribution >= 4 is 17.9 Å². The maximum absolute atomic E-state index is 13.3. The van der Waals surface area contributed by atoms with Gasteiger partial charge in [-0.1, -0.05) is 38.2 Å². The van der Waals surface area contributed by atoms with Crippen LogP contribution in [0.4, 0.5) is 0 Å². The van der Waals surface area contributed by atoms with Gasteiger partial charge in [0.1, 0.15) is 35.7 Å². The van der Waals surface area contributed by atoms with Gasteiger partial charge in [0.2, 0.25) is 0 Å². The Morgan fingerprint density at radius 2 is 2.00 bits per heavy atom. The van der Waals surface area contributed by atoms with Crippen molar-refractivity contribution in [2.75, 3.05) is 13.7 Å². The Balaban J connectivity index is 1.55. The van der Waals surface area contributed by atoms with E-state index in [1.165, 1.54) is 14.0 Å². The van der Waals surface area contributed by atoms with Crippen LogP contribution in [0.15, 0.2) is 35.6 Å². The summed E-state index contributed by atoms with van der Waals surface area (Å²) in [6.07, 6.45) is 4.63. The highest BCUT2D eigenvalue weighted by Gasteiger charge is 2.69. The maximum Gasteiger partial charge on any atom is 0.354 e. The SMILES string of the molecule is CO[C@H]1CC2C=CC3[C@H]4O[C@]2(/C(C)=C/[C@@H](C)[C@@H](C(C)OC(C)=O)OC1=O)[C@@H]3[C@H](O)[C@@H](C)[C@H]4OC(=O)C1=CCCN1. The number of carbonyl (C=O) groups excluding carboxylic acids is 3. The number of nitrogens with one attached hydrogen (secondary N) is 1. The molecule has 5 aliphatic rings. The van der Waals surface area contributed by atoms with Gasteiger partial charge in [-0.3, -0.25) is 4.79 Å². The first kappa shape index (κ1) is 28.8. The van der Waals surface area contributed by atoms with E-state index in [2.05, 4.69) is 5.32 Å². The molecule has 0 aromatic rings. The Kier molecular flexibility index (Phi) is 7.89. The van der Waals surface area contributed by atoms with Crippen molar-refractivity contribution in [1.29, 1.82) is 0 Å². The molecule has 220 valence electrons. The molecule has 10 heteroatoms. The third kappa shape index (κ3) is 4.67. The number of rotatable bonds is 5. The van der Waals surface area contributed by atoms with Crippen LogP contribution in [0.25, 0.3) is 0 Å². The van der Waals surface area contributed by atoms with Crippen molar-refractivity contribution in [3.8, 4) is 0 Å². The second-order valence-corrected chi connectivity index (χ2v) is 11.9. The van der Waals surface area contributed by atoms with E-state index in [1.54, 1.807) is 6.92 Å². The fourth-order valence-electron chi connectivity index (χ4n) is 7.65. The first-order valence-corrected chi connectivity index (χ1v) is 14.3. The third-order valence-electron chi connectivity index (χ3n) is 9.49. The van der Waals surface area contributed by atoms with Crippen molar-refractivity contribution in [3.05, 3.63) is 35.6 Å². The number of ether oxygens (including phenoxy) is 5. The molecule has 0 radical (unpaired) electrons. The van der Waals surface area contributed by atoms with E-state index in [0.717, 1.165) is 12.0 Å². The van der Waals surface area contributed by atoms with Gasteiger partial charge in [-0.15, -0.1) is 0 Å². The quantitative estimate of drug-likeness (QED) is 0.294. The number of esters is 3. The number of carbonyl (C=O) groups is 3. The van der Waals surface area contributed by atoms with Gasteiger partial charge in [0, 0.05) is 50.2 Å². The topological polar surface area (TPSA) is 130 Å². The van der Waals surface area contributed by atoms with Crippen molar-refractivity contribution in [1.82, 2.24) is 5.32 Å². The minimum absolute atomic E-state index is 0.184. The Bertz CT molecular complexity index is 1130. The summed E-state index contributed by atoms with van der Waals surface area (Å²) in [5, 5.41) is 14.9. The molecule has 1 spiro atoms. The van der Waals surface area contributed by atoms with Crippen molar-refractivity contribution < 1.29 is 43.2 Å². The van der Waals surface area contributed by atoms with Crippen LogP contribution in [-0.2, 0) is 38.1 Å². The minimum Gasteiger partial charge on any atom is -0.459 e. The highest BCUT2D eigenvalue weighted by atomic mass is 16.6. The van der Waals surface area contributed by atoms with Crippen LogP contribution in [0.1, 0.15) is 47.5 Å². The molecule has 0 aromatic heterocycles. The molecule has 0 aromatic carbocycles. The Labute approximate surface area is 235 Å². The van der Waals surface area contributed by atoms with Gasteiger partial charge >= 0.3 is 17.9 Å². The second-order valence-electron chi connectivity index (χ2n) is 11.9. The average Bonchev–Trinajstić information content (AvgIpc) is 3.50. The summed E-state index contributed by atoms with van der Waals surface area (Å²) in [6.45, 7) is 9.48. The van der Waals surface area contributed by atoms with Gasteiger partial charge in [0.25, 0.3) is 0 Å². The van der Waals surface area contributed by atoms with Gasteiger partial charge in [-0.25, -0.2) is 9.59 Å². The average molecular weight is 560 g/mol. The lowest BCUT2D eigenvalue weighted by atomic mass is 9.57. The van der Waals surface area contributed by atoms with Crippen LogP contribution < -0.4 is 5.32 Å². The molecule has 2 fully saturated rings. The largest absolute Gasteiger partial charge is 0.459 e. The predicted octanol–water partition coefficient (Wildman–Crippen LogP) is 2.21. The van der Waals surface area contributed by atoms with Crippen LogP contribution in [0.2, 0.25) is 0 Å². The van der Waals surface area contributed by atoms with E-state index in [0.29, 0.717) is 12.2 Å². The summed E-state index contributed by atoms with van der Waals surface area (Å²) < 4.78 is 29.9. The van der Waals surface area contributed by atoms with Gasteiger partial charge < -0.3 is 34.1 Å². The molecule has 4 bridgehead atoms. The standard InChI is InChI=1S/C30H41NO9/c1-14-12-15(2)30-19(13-22(36-6)29(35)38-25(14)17(4)37-18(5)32)9-10-20-23(30)24(33)16(3)26(27(20)40-30)39-28(34)21-8-7-11-31-21/h8-10,12,14,16-17,19-20,22-27,31,33H,7,11,13H2,1-6H3/b15-12+/t14-,16-,17?,19?,20?,22+,23+,24-,25+,26-,27-,30+/m1/s1. The lowest BCUT2D eigenvalue weighted by molar-refractivity contribution is -0.178. The van der Waals surface area contributed by atoms with Crippen LogP contribution in [-0.4, -0.2) is 78.9 Å². The molecular weight excluding hydrogens is 518 g/mol. The van der Waals surface area contributed by atoms with Crippen LogP contribution in [0, 0.1) is 29.6 Å². The molecule has 3 unspecified atom stereocenters. The molecule has 2 N–H and O–H groups in total. The highest BCUT2D eigenvalue weighted by Crippen LogP contribution is 2.61. The van der Waals surface area contributed by atoms with Gasteiger partial charge in [-0.2, -0.15) is 0 Å². The lowest BCUT2D eigenvalue weighted by Crippen LogP contribution is -2.57. The zero-order valence-corrected chi connectivity index (χ0v) is 24.0. The Morgan fingerprint density at radius 1 is 1.25 bits per heavy atom. The van der Waals surface area contributed by atoms with E-state index in [1.807, 2.05) is 45.1 Å². The lowest BCUT2D eigenvalue weighted by Gasteiger charge is -2.48. The van der Waals surface area contributed by atoms with Crippen molar-refractivity contribution in [2.45, 2.75) is 89.7 Å². The third-order valence-corrected chi connectivity index (χ3v) is 9.49. The number of aliphatic hydroxyl groups excluding tert-OH is 1. The fraction of sp³-hybridized carbons (Fsp3) is 0.700. The Hall–Kier alpha value is -2.69. The predicted molar refractivity (Wildman–Crippen MR) is 142 cm³/mol. The molecular formula is C30H41NO9. The summed E-state index contributed by atoms with van der Waals surface area (Å²) in [5.41, 5.74) is 0.370. The van der Waals surface area contributed by atoms with E-state index in [-0.39, 0.29) is 36.0 Å². The molecule has 3 aliphatic heterocycles. The summed E-state index contributed by atoms with van der Waals surface area (Å²) >= 11 is 0. The molecule has 3 heterocycles. The zero-order chi connectivity index (χ0) is 28.9. The monoisotopic (exact) mass is 559 g/mol. The van der Waals surface area contributed by atoms with E-state index < -0.39 is 60.1 Å². The minimum atomic E-state index is -0.957. The molecule has 10 nitrogen and oxygen atoms in total. The number of methoxy groups -OCH3 is 1. The van der Waals surface area contributed by atoms with Crippen LogP contribution in [0.3, 0.4) is 0 Å². The summed E-state index contributed by atoms with van der Waals surface area (Å²) in [4.78, 5) is 38.0. The number of cyclic esters (lactones) is 1. The molecule has 12 atom stereocenters. The van der Waals surface area contributed by atoms with E-state index in [4.69, 9.17) is 23.7 Å². The summed E-state index contributed by atoms with van der Waals surface area (Å²) in [6, 6.07) is 0. The number of hydrogen-bond donors (Lipinski definition) is 2. The molecule has 5 rings (SSSR count). The molecule has 1 saturated heterocycles. The van der Waals surface area contributed by atoms with E-state index in [9.17, 15) is 19.5 Å². The van der Waals surface area contributed by atoms with Crippen LogP contribution >= 0.6 is 0 Å². The first-order chi connectivity index (χ1) is 19.0. The zero-order valence-electron chi connectivity index (χ0n) is 24.0. The first-order valence-electron chi connectivity index (χ1n) is 14.3. The smallest absolute Gasteiger partial charge is 0.354 e. The van der Waals surface area contributed by atoms with Gasteiger partial charge in [0.05, 0.1) is 6.10 Å². The molecule has 40 heavy (non-hydrogen) atoms.